The number of ether oxygens (including phenoxy) is 2. The summed E-state index contributed by atoms with van der Waals surface area (Å²) in [5, 5.41) is 8.01. The lowest BCUT2D eigenvalue weighted by atomic mass is 9.87. The van der Waals surface area contributed by atoms with E-state index in [1.165, 1.54) is 4.90 Å². The van der Waals surface area contributed by atoms with Crippen molar-refractivity contribution >= 4 is 24.1 Å². The average Bonchev–Trinajstić information content (AvgIpc) is 3.11. The molecule has 37 heavy (non-hydrogen) atoms. The van der Waals surface area contributed by atoms with E-state index in [2.05, 4.69) is 16.0 Å². The fourth-order valence-corrected chi connectivity index (χ4v) is 3.92. The molecule has 5 N–H and O–H groups in total. The molecule has 1 heterocycles. The standard InChI is InChI=1S/C26H41N5O6/c1-25(2,3)36-23(34)30-19(21(32)28-13-9-10-14-29-22(27)33)15-17-16-31(24(35)37-26(4,5)6)20-12-8-7-11-18(17)20/h7-8,11-12,16,18-20H,9-10,13-15H2,1-6H3,(H,28,32)(H,30,34)(H3,27,29,33)/t18?,19-,20?/m1/s1. The van der Waals surface area contributed by atoms with Gasteiger partial charge in [0.25, 0.3) is 0 Å². The number of carbonyl (C=O) groups excluding carboxylic acids is 4. The number of alkyl carbamates (subject to hydrolysis) is 1. The summed E-state index contributed by atoms with van der Waals surface area (Å²) in [6.45, 7) is 11.4. The van der Waals surface area contributed by atoms with E-state index >= 15 is 0 Å². The van der Waals surface area contributed by atoms with Gasteiger partial charge in [-0.25, -0.2) is 14.4 Å². The summed E-state index contributed by atoms with van der Waals surface area (Å²) in [7, 11) is 0. The second kappa shape index (κ2) is 12.6. The smallest absolute Gasteiger partial charge is 0.414 e. The second-order valence-electron chi connectivity index (χ2n) is 11.1. The van der Waals surface area contributed by atoms with Crippen LogP contribution in [0.3, 0.4) is 0 Å². The number of unbranched alkanes of at least 4 members (excludes halogenated alkanes) is 1. The highest BCUT2D eigenvalue weighted by Crippen LogP contribution is 2.36. The normalized spacial score (nSPS) is 19.4. The van der Waals surface area contributed by atoms with E-state index < -0.39 is 35.5 Å². The van der Waals surface area contributed by atoms with Crippen LogP contribution in [-0.4, -0.2) is 65.4 Å². The molecular formula is C26H41N5O6. The fraction of sp³-hybridized carbons (Fsp3) is 0.615. The zero-order chi connectivity index (χ0) is 27.8. The number of nitrogens with zero attached hydrogens (tertiary/aromatic N) is 1. The van der Waals surface area contributed by atoms with E-state index in [9.17, 15) is 19.2 Å². The van der Waals surface area contributed by atoms with Crippen molar-refractivity contribution in [3.05, 3.63) is 36.1 Å². The van der Waals surface area contributed by atoms with Crippen LogP contribution in [0.4, 0.5) is 14.4 Å². The van der Waals surface area contributed by atoms with E-state index in [4.69, 9.17) is 15.2 Å². The molecular weight excluding hydrogens is 478 g/mol. The van der Waals surface area contributed by atoms with Gasteiger partial charge in [0.2, 0.25) is 5.91 Å². The van der Waals surface area contributed by atoms with Crippen molar-refractivity contribution in [3.63, 3.8) is 0 Å². The number of fused-ring (bicyclic) bond motifs is 1. The molecule has 0 bridgehead atoms. The van der Waals surface area contributed by atoms with Crippen molar-refractivity contribution in [2.75, 3.05) is 13.1 Å². The van der Waals surface area contributed by atoms with Crippen LogP contribution in [0.2, 0.25) is 0 Å². The Labute approximate surface area is 218 Å². The summed E-state index contributed by atoms with van der Waals surface area (Å²) in [6, 6.07) is -1.80. The van der Waals surface area contributed by atoms with Crippen LogP contribution < -0.4 is 21.7 Å². The quantitative estimate of drug-likeness (QED) is 0.344. The highest BCUT2D eigenvalue weighted by atomic mass is 16.6. The van der Waals surface area contributed by atoms with Gasteiger partial charge >= 0.3 is 18.2 Å². The number of hydrogen-bond donors (Lipinski definition) is 4. The highest BCUT2D eigenvalue weighted by Gasteiger charge is 2.40. The molecule has 2 aliphatic rings. The maximum Gasteiger partial charge on any atom is 0.414 e. The van der Waals surface area contributed by atoms with E-state index in [-0.39, 0.29) is 24.3 Å². The molecule has 0 saturated carbocycles. The van der Waals surface area contributed by atoms with Gasteiger partial charge < -0.3 is 31.2 Å². The predicted octanol–water partition coefficient (Wildman–Crippen LogP) is 3.08. The van der Waals surface area contributed by atoms with Crippen LogP contribution in [-0.2, 0) is 14.3 Å². The number of nitrogens with two attached hydrogens (primary N) is 1. The molecule has 0 aromatic rings. The minimum Gasteiger partial charge on any atom is -0.444 e. The molecule has 2 unspecified atom stereocenters. The number of nitrogens with one attached hydrogen (secondary N) is 3. The molecule has 11 heteroatoms. The average molecular weight is 520 g/mol. The molecule has 5 amide bonds. The minimum atomic E-state index is -0.927. The number of carbonyl (C=O) groups is 4. The molecule has 3 atom stereocenters. The van der Waals surface area contributed by atoms with Gasteiger partial charge in [-0.05, 0) is 60.0 Å². The number of primary amides is 1. The van der Waals surface area contributed by atoms with Crippen LogP contribution in [0.25, 0.3) is 0 Å². The maximum absolute atomic E-state index is 13.1. The molecule has 2 rings (SSSR count). The topological polar surface area (TPSA) is 152 Å². The first-order valence-electron chi connectivity index (χ1n) is 12.5. The molecule has 0 fully saturated rings. The molecule has 11 nitrogen and oxygen atoms in total. The molecule has 0 aromatic heterocycles. The summed E-state index contributed by atoms with van der Waals surface area (Å²) in [6.07, 6.45) is 9.56. The van der Waals surface area contributed by atoms with E-state index in [1.807, 2.05) is 24.3 Å². The summed E-state index contributed by atoms with van der Waals surface area (Å²) in [4.78, 5) is 50.8. The minimum absolute atomic E-state index is 0.159. The maximum atomic E-state index is 13.1. The van der Waals surface area contributed by atoms with Crippen LogP contribution in [0.1, 0.15) is 60.8 Å². The van der Waals surface area contributed by atoms with E-state index in [1.54, 1.807) is 47.7 Å². The van der Waals surface area contributed by atoms with Crippen molar-refractivity contribution in [1.82, 2.24) is 20.9 Å². The van der Waals surface area contributed by atoms with Gasteiger partial charge in [0, 0.05) is 31.6 Å². The Kier molecular flexibility index (Phi) is 10.2. The Morgan fingerprint density at radius 1 is 0.946 bits per heavy atom. The SMILES string of the molecule is CC(C)(C)OC(=O)N[C@H](CC1=CN(C(=O)OC(C)(C)C)C2C=CC=CC12)C(=O)NCCCCNC(N)=O. The molecule has 0 aromatic carbocycles. The lowest BCUT2D eigenvalue weighted by Crippen LogP contribution is -2.48. The predicted molar refractivity (Wildman–Crippen MR) is 139 cm³/mol. The van der Waals surface area contributed by atoms with Gasteiger partial charge in [-0.3, -0.25) is 9.69 Å². The second-order valence-corrected chi connectivity index (χ2v) is 11.1. The van der Waals surface area contributed by atoms with Crippen LogP contribution in [0, 0.1) is 5.92 Å². The third-order valence-corrected chi connectivity index (χ3v) is 5.41. The van der Waals surface area contributed by atoms with Gasteiger partial charge in [0.05, 0.1) is 6.04 Å². The zero-order valence-corrected chi connectivity index (χ0v) is 22.6. The molecule has 0 radical (unpaired) electrons. The van der Waals surface area contributed by atoms with Crippen molar-refractivity contribution in [3.8, 4) is 0 Å². The van der Waals surface area contributed by atoms with E-state index in [0.29, 0.717) is 25.9 Å². The first-order chi connectivity index (χ1) is 17.2. The van der Waals surface area contributed by atoms with Gasteiger partial charge in [-0.1, -0.05) is 24.3 Å². The largest absolute Gasteiger partial charge is 0.444 e. The summed E-state index contributed by atoms with van der Waals surface area (Å²) >= 11 is 0. The summed E-state index contributed by atoms with van der Waals surface area (Å²) < 4.78 is 10.9. The number of allylic oxidation sites excluding steroid dienone is 2. The molecule has 1 aliphatic carbocycles. The van der Waals surface area contributed by atoms with Crippen molar-refractivity contribution in [2.45, 2.75) is 84.1 Å². The van der Waals surface area contributed by atoms with Gasteiger partial charge in [0.15, 0.2) is 0 Å². The number of rotatable bonds is 9. The Morgan fingerprint density at radius 3 is 2.14 bits per heavy atom. The first kappa shape index (κ1) is 29.7. The summed E-state index contributed by atoms with van der Waals surface area (Å²) in [5.41, 5.74) is 4.46. The van der Waals surface area contributed by atoms with Crippen molar-refractivity contribution in [1.29, 1.82) is 0 Å². The van der Waals surface area contributed by atoms with Crippen LogP contribution >= 0.6 is 0 Å². The monoisotopic (exact) mass is 519 g/mol. The molecule has 0 spiro atoms. The van der Waals surface area contributed by atoms with Crippen molar-refractivity contribution < 1.29 is 28.7 Å². The van der Waals surface area contributed by atoms with Crippen molar-refractivity contribution in [2.24, 2.45) is 11.7 Å². The third-order valence-electron chi connectivity index (χ3n) is 5.41. The molecule has 0 saturated heterocycles. The number of amides is 5. The Balaban J connectivity index is 2.15. The Bertz CT molecular complexity index is 944. The third kappa shape index (κ3) is 10.2. The lowest BCUT2D eigenvalue weighted by Gasteiger charge is -2.29. The highest BCUT2D eigenvalue weighted by molar-refractivity contribution is 5.86. The van der Waals surface area contributed by atoms with Crippen LogP contribution in [0.5, 0.6) is 0 Å². The molecule has 206 valence electrons. The van der Waals surface area contributed by atoms with Gasteiger partial charge in [-0.2, -0.15) is 0 Å². The Hall–Kier alpha value is -3.50. The van der Waals surface area contributed by atoms with Crippen LogP contribution in [0.15, 0.2) is 36.1 Å². The Morgan fingerprint density at radius 2 is 1.54 bits per heavy atom. The van der Waals surface area contributed by atoms with Gasteiger partial charge in [-0.15, -0.1) is 0 Å². The first-order valence-corrected chi connectivity index (χ1v) is 12.5. The zero-order valence-electron chi connectivity index (χ0n) is 22.6. The number of hydrogen-bond acceptors (Lipinski definition) is 6. The lowest BCUT2D eigenvalue weighted by molar-refractivity contribution is -0.123. The summed E-state index contributed by atoms with van der Waals surface area (Å²) in [5.74, 6) is -0.537. The van der Waals surface area contributed by atoms with E-state index in [0.717, 1.165) is 5.57 Å². The fourth-order valence-electron chi connectivity index (χ4n) is 3.92. The van der Waals surface area contributed by atoms with Gasteiger partial charge in [0.1, 0.15) is 17.2 Å². The number of urea groups is 1. The molecule has 1 aliphatic heterocycles.